The molecule has 5 nitrogen and oxygen atoms in total. The molecule has 2 N–H and O–H groups in total. The number of aromatic nitrogens is 1. The van der Waals surface area contributed by atoms with Gasteiger partial charge in [-0.3, -0.25) is 9.78 Å². The van der Waals surface area contributed by atoms with Crippen LogP contribution in [0.15, 0.2) is 18.3 Å². The van der Waals surface area contributed by atoms with Gasteiger partial charge in [-0.25, -0.2) is 0 Å². The minimum atomic E-state index is -0.135. The van der Waals surface area contributed by atoms with Crippen LogP contribution in [-0.4, -0.2) is 29.1 Å². The lowest BCUT2D eigenvalue weighted by Crippen LogP contribution is -2.29. The van der Waals surface area contributed by atoms with E-state index in [1.165, 1.54) is 6.20 Å². The molecular formula is C12H18N2O3. The molecule has 0 fully saturated rings. The van der Waals surface area contributed by atoms with Gasteiger partial charge in [0.2, 0.25) is 0 Å². The van der Waals surface area contributed by atoms with E-state index in [0.29, 0.717) is 18.0 Å². The van der Waals surface area contributed by atoms with Gasteiger partial charge in [0, 0.05) is 6.54 Å². The van der Waals surface area contributed by atoms with Gasteiger partial charge in [0.15, 0.2) is 6.61 Å². The van der Waals surface area contributed by atoms with Crippen molar-refractivity contribution in [1.82, 2.24) is 10.3 Å². The normalized spacial score (nSPS) is 10.0. The largest absolute Gasteiger partial charge is 0.482 e. The Labute approximate surface area is 101 Å². The third-order valence-corrected chi connectivity index (χ3v) is 2.18. The number of carbonyl (C=O) groups excluding carboxylic acids is 1. The van der Waals surface area contributed by atoms with Gasteiger partial charge < -0.3 is 15.2 Å². The Morgan fingerprint density at radius 3 is 2.94 bits per heavy atom. The highest BCUT2D eigenvalue weighted by molar-refractivity contribution is 5.77. The summed E-state index contributed by atoms with van der Waals surface area (Å²) >= 11 is 0. The lowest BCUT2D eigenvalue weighted by molar-refractivity contribution is -0.123. The maximum atomic E-state index is 11.3. The molecule has 0 aliphatic rings. The summed E-state index contributed by atoms with van der Waals surface area (Å²) in [5.41, 5.74) is 0.574. The number of aliphatic hydroxyl groups is 1. The summed E-state index contributed by atoms with van der Waals surface area (Å²) in [6, 6.07) is 3.34. The number of carbonyl (C=O) groups is 1. The van der Waals surface area contributed by atoms with Gasteiger partial charge in [-0.1, -0.05) is 13.3 Å². The monoisotopic (exact) mass is 238 g/mol. The molecular weight excluding hydrogens is 220 g/mol. The molecule has 0 aliphatic carbocycles. The molecule has 0 saturated heterocycles. The number of aliphatic hydroxyl groups excluding tert-OH is 1. The molecule has 5 heteroatoms. The second-order valence-corrected chi connectivity index (χ2v) is 3.64. The van der Waals surface area contributed by atoms with Crippen molar-refractivity contribution in [2.24, 2.45) is 0 Å². The zero-order valence-corrected chi connectivity index (χ0v) is 9.98. The van der Waals surface area contributed by atoms with Crippen LogP contribution < -0.4 is 10.1 Å². The number of amides is 1. The fraction of sp³-hybridized carbons (Fsp3) is 0.500. The first-order chi connectivity index (χ1) is 8.26. The zero-order valence-electron chi connectivity index (χ0n) is 9.98. The van der Waals surface area contributed by atoms with E-state index < -0.39 is 0 Å². The average Bonchev–Trinajstić information content (AvgIpc) is 2.37. The number of unbranched alkanes of at least 4 members (excludes halogenated alkanes) is 1. The Kier molecular flexibility index (Phi) is 6.03. The van der Waals surface area contributed by atoms with Crippen molar-refractivity contribution in [1.29, 1.82) is 0 Å². The van der Waals surface area contributed by atoms with Gasteiger partial charge in [-0.2, -0.15) is 0 Å². The summed E-state index contributed by atoms with van der Waals surface area (Å²) < 4.78 is 5.24. The molecule has 0 radical (unpaired) electrons. The first-order valence-corrected chi connectivity index (χ1v) is 5.71. The standard InChI is InChI=1S/C12H18N2O3/c1-2-3-6-13-12(16)9-17-11-5-4-10(8-15)14-7-11/h4-5,7,15H,2-3,6,8-9H2,1H3,(H,13,16). The molecule has 1 heterocycles. The lowest BCUT2D eigenvalue weighted by Gasteiger charge is -2.06. The van der Waals surface area contributed by atoms with E-state index in [1.807, 2.05) is 0 Å². The number of rotatable bonds is 7. The Balaban J connectivity index is 2.27. The van der Waals surface area contributed by atoms with Gasteiger partial charge in [-0.05, 0) is 18.6 Å². The topological polar surface area (TPSA) is 71.5 Å². The molecule has 1 aromatic rings. The van der Waals surface area contributed by atoms with Crippen LogP contribution in [0.2, 0.25) is 0 Å². The van der Waals surface area contributed by atoms with Crippen LogP contribution in [0.1, 0.15) is 25.5 Å². The van der Waals surface area contributed by atoms with Crippen molar-refractivity contribution in [3.8, 4) is 5.75 Å². The van der Waals surface area contributed by atoms with Crippen LogP contribution >= 0.6 is 0 Å². The Hall–Kier alpha value is -1.62. The fourth-order valence-electron chi connectivity index (χ4n) is 1.19. The zero-order chi connectivity index (χ0) is 12.5. The number of ether oxygens (including phenoxy) is 1. The van der Waals surface area contributed by atoms with Crippen LogP contribution in [0, 0.1) is 0 Å². The molecule has 0 unspecified atom stereocenters. The van der Waals surface area contributed by atoms with Crippen LogP contribution in [0.25, 0.3) is 0 Å². The molecule has 0 saturated carbocycles. The summed E-state index contributed by atoms with van der Waals surface area (Å²) in [6.45, 7) is 2.64. The van der Waals surface area contributed by atoms with Crippen LogP contribution in [0.3, 0.4) is 0 Å². The van der Waals surface area contributed by atoms with E-state index in [1.54, 1.807) is 12.1 Å². The third kappa shape index (κ3) is 5.31. The van der Waals surface area contributed by atoms with E-state index in [4.69, 9.17) is 9.84 Å². The number of nitrogens with zero attached hydrogens (tertiary/aromatic N) is 1. The molecule has 0 bridgehead atoms. The van der Waals surface area contributed by atoms with Gasteiger partial charge >= 0.3 is 0 Å². The Morgan fingerprint density at radius 2 is 2.35 bits per heavy atom. The minimum Gasteiger partial charge on any atom is -0.482 e. The molecule has 94 valence electrons. The smallest absolute Gasteiger partial charge is 0.257 e. The van der Waals surface area contributed by atoms with E-state index in [-0.39, 0.29) is 19.1 Å². The quantitative estimate of drug-likeness (QED) is 0.691. The minimum absolute atomic E-state index is 0.0101. The summed E-state index contributed by atoms with van der Waals surface area (Å²) in [7, 11) is 0. The van der Waals surface area contributed by atoms with E-state index >= 15 is 0 Å². The van der Waals surface area contributed by atoms with Crippen LogP contribution in [0.4, 0.5) is 0 Å². The molecule has 1 aromatic heterocycles. The maximum Gasteiger partial charge on any atom is 0.257 e. The Bertz CT molecular complexity index is 338. The van der Waals surface area contributed by atoms with E-state index in [9.17, 15) is 4.79 Å². The van der Waals surface area contributed by atoms with Crippen molar-refractivity contribution in [3.05, 3.63) is 24.0 Å². The van der Waals surface area contributed by atoms with Gasteiger partial charge in [-0.15, -0.1) is 0 Å². The molecule has 0 spiro atoms. The third-order valence-electron chi connectivity index (χ3n) is 2.18. The average molecular weight is 238 g/mol. The van der Waals surface area contributed by atoms with Crippen molar-refractivity contribution in [2.45, 2.75) is 26.4 Å². The van der Waals surface area contributed by atoms with Crippen molar-refractivity contribution >= 4 is 5.91 Å². The van der Waals surface area contributed by atoms with Crippen molar-refractivity contribution in [3.63, 3.8) is 0 Å². The molecule has 0 atom stereocenters. The van der Waals surface area contributed by atoms with Gasteiger partial charge in [0.25, 0.3) is 5.91 Å². The molecule has 1 rings (SSSR count). The molecule has 1 amide bonds. The number of hydrogen-bond acceptors (Lipinski definition) is 4. The second kappa shape index (κ2) is 7.62. The second-order valence-electron chi connectivity index (χ2n) is 3.64. The number of hydrogen-bond donors (Lipinski definition) is 2. The lowest BCUT2D eigenvalue weighted by atomic mass is 10.3. The maximum absolute atomic E-state index is 11.3. The van der Waals surface area contributed by atoms with Crippen molar-refractivity contribution in [2.75, 3.05) is 13.2 Å². The van der Waals surface area contributed by atoms with Gasteiger partial charge in [0.05, 0.1) is 18.5 Å². The molecule has 0 aliphatic heterocycles. The highest BCUT2D eigenvalue weighted by Gasteiger charge is 2.02. The number of pyridine rings is 1. The first-order valence-electron chi connectivity index (χ1n) is 5.71. The van der Waals surface area contributed by atoms with E-state index in [2.05, 4.69) is 17.2 Å². The predicted octanol–water partition coefficient (Wildman–Crippen LogP) is 0.869. The SMILES string of the molecule is CCCCNC(=O)COc1ccc(CO)nc1. The summed E-state index contributed by atoms with van der Waals surface area (Å²) in [6.07, 6.45) is 3.51. The molecule has 0 aromatic carbocycles. The fourth-order valence-corrected chi connectivity index (χ4v) is 1.19. The van der Waals surface area contributed by atoms with Crippen molar-refractivity contribution < 1.29 is 14.6 Å². The predicted molar refractivity (Wildman–Crippen MR) is 63.6 cm³/mol. The summed E-state index contributed by atoms with van der Waals surface area (Å²) in [5, 5.41) is 11.6. The van der Waals surface area contributed by atoms with Crippen LogP contribution in [0.5, 0.6) is 5.75 Å². The highest BCUT2D eigenvalue weighted by atomic mass is 16.5. The summed E-state index contributed by atoms with van der Waals surface area (Å²) in [4.78, 5) is 15.3. The Morgan fingerprint density at radius 1 is 1.53 bits per heavy atom. The summed E-state index contributed by atoms with van der Waals surface area (Å²) in [5.74, 6) is 0.387. The molecule has 17 heavy (non-hydrogen) atoms. The number of nitrogens with one attached hydrogen (secondary N) is 1. The van der Waals surface area contributed by atoms with Crippen LogP contribution in [-0.2, 0) is 11.4 Å². The van der Waals surface area contributed by atoms with Gasteiger partial charge in [0.1, 0.15) is 5.75 Å². The highest BCUT2D eigenvalue weighted by Crippen LogP contribution is 2.08. The first kappa shape index (κ1) is 13.4. The van der Waals surface area contributed by atoms with E-state index in [0.717, 1.165) is 12.8 Å².